The molecule has 0 unspecified atom stereocenters. The summed E-state index contributed by atoms with van der Waals surface area (Å²) >= 11 is 0. The lowest BCUT2D eigenvalue weighted by atomic mass is 9.95. The molecule has 0 aromatic rings. The number of hydrogen-bond donors (Lipinski definition) is 1. The average molecular weight is 151 g/mol. The van der Waals surface area contributed by atoms with Crippen LogP contribution in [0.5, 0.6) is 0 Å². The van der Waals surface area contributed by atoms with E-state index >= 15 is 0 Å². The van der Waals surface area contributed by atoms with E-state index in [4.69, 9.17) is 0 Å². The van der Waals surface area contributed by atoms with Crippen LogP contribution in [0, 0.1) is 0 Å². The molecule has 0 saturated heterocycles. The Labute approximate surface area is 69.2 Å². The maximum absolute atomic E-state index is 4.04. The molecular weight excluding hydrogens is 134 g/mol. The van der Waals surface area contributed by atoms with Crippen LogP contribution in [0.25, 0.3) is 0 Å². The predicted molar refractivity (Wildman–Crippen MR) is 49.6 cm³/mol. The molecule has 0 fully saturated rings. The predicted octanol–water partition coefficient (Wildman–Crippen LogP) is 2.26. The summed E-state index contributed by atoms with van der Waals surface area (Å²) in [5.74, 6) is 0. The molecule has 0 saturated carbocycles. The monoisotopic (exact) mass is 151 g/mol. The zero-order chi connectivity index (χ0) is 8.27. The van der Waals surface area contributed by atoms with E-state index in [-0.39, 0.29) is 0 Å². The third kappa shape index (κ3) is 1.93. The Morgan fingerprint density at radius 1 is 1.45 bits per heavy atom. The minimum Gasteiger partial charge on any atom is -0.309 e. The van der Waals surface area contributed by atoms with E-state index < -0.39 is 0 Å². The number of nitrogens with one attached hydrogen (secondary N) is 1. The third-order valence-electron chi connectivity index (χ3n) is 2.17. The molecule has 1 N–H and O–H groups in total. The lowest BCUT2D eigenvalue weighted by molar-refractivity contribution is 0.730. The highest BCUT2D eigenvalue weighted by molar-refractivity contribution is 5.36. The Morgan fingerprint density at radius 2 is 2.18 bits per heavy atom. The SMILES string of the molecule is C=C1CNCC(C)=C1CCC. The van der Waals surface area contributed by atoms with Crippen molar-refractivity contribution in [3.8, 4) is 0 Å². The van der Waals surface area contributed by atoms with Gasteiger partial charge in [0.05, 0.1) is 0 Å². The van der Waals surface area contributed by atoms with Gasteiger partial charge in [-0.1, -0.05) is 25.5 Å². The van der Waals surface area contributed by atoms with Gasteiger partial charge in [-0.15, -0.1) is 0 Å². The maximum Gasteiger partial charge on any atom is 0.0205 e. The lowest BCUT2D eigenvalue weighted by Crippen LogP contribution is -2.25. The fourth-order valence-electron chi connectivity index (χ4n) is 1.56. The van der Waals surface area contributed by atoms with E-state index in [2.05, 4.69) is 25.7 Å². The van der Waals surface area contributed by atoms with Gasteiger partial charge in [0.25, 0.3) is 0 Å². The Bertz CT molecular complexity index is 189. The molecule has 0 bridgehead atoms. The summed E-state index contributed by atoms with van der Waals surface area (Å²) < 4.78 is 0. The van der Waals surface area contributed by atoms with Gasteiger partial charge in [0, 0.05) is 13.1 Å². The van der Waals surface area contributed by atoms with Crippen molar-refractivity contribution in [1.82, 2.24) is 5.32 Å². The Balaban J connectivity index is 2.74. The van der Waals surface area contributed by atoms with E-state index in [1.807, 2.05) is 0 Å². The highest BCUT2D eigenvalue weighted by Crippen LogP contribution is 2.20. The first-order valence-corrected chi connectivity index (χ1v) is 4.33. The first kappa shape index (κ1) is 8.54. The van der Waals surface area contributed by atoms with E-state index in [0.29, 0.717) is 0 Å². The van der Waals surface area contributed by atoms with Crippen molar-refractivity contribution in [2.75, 3.05) is 13.1 Å². The van der Waals surface area contributed by atoms with Crippen molar-refractivity contribution in [3.63, 3.8) is 0 Å². The molecule has 62 valence electrons. The minimum absolute atomic E-state index is 0.979. The highest BCUT2D eigenvalue weighted by atomic mass is 14.9. The van der Waals surface area contributed by atoms with Crippen molar-refractivity contribution < 1.29 is 0 Å². The number of rotatable bonds is 2. The van der Waals surface area contributed by atoms with Crippen LogP contribution in [0.2, 0.25) is 0 Å². The molecule has 0 atom stereocenters. The molecule has 1 aliphatic rings. The maximum atomic E-state index is 4.04. The first-order chi connectivity index (χ1) is 5.25. The van der Waals surface area contributed by atoms with Crippen LogP contribution in [0.4, 0.5) is 0 Å². The van der Waals surface area contributed by atoms with Gasteiger partial charge in [0.15, 0.2) is 0 Å². The standard InChI is InChI=1S/C10H17N/c1-4-5-10-8(2)6-11-7-9(10)3/h11H,2,4-7H2,1,3H3. The van der Waals surface area contributed by atoms with Crippen LogP contribution in [0.1, 0.15) is 26.7 Å². The van der Waals surface area contributed by atoms with Gasteiger partial charge in [0.1, 0.15) is 0 Å². The summed E-state index contributed by atoms with van der Waals surface area (Å²) in [5, 5.41) is 3.32. The van der Waals surface area contributed by atoms with Gasteiger partial charge in [-0.3, -0.25) is 0 Å². The molecule has 0 radical (unpaired) electrons. The van der Waals surface area contributed by atoms with Crippen LogP contribution >= 0.6 is 0 Å². The summed E-state index contributed by atoms with van der Waals surface area (Å²) in [6.07, 6.45) is 2.43. The fourth-order valence-corrected chi connectivity index (χ4v) is 1.56. The van der Waals surface area contributed by atoms with Gasteiger partial charge in [0.2, 0.25) is 0 Å². The van der Waals surface area contributed by atoms with E-state index in [0.717, 1.165) is 13.1 Å². The summed E-state index contributed by atoms with van der Waals surface area (Å²) in [6.45, 7) is 10.5. The van der Waals surface area contributed by atoms with Crippen LogP contribution in [-0.4, -0.2) is 13.1 Å². The second kappa shape index (κ2) is 3.72. The summed E-state index contributed by atoms with van der Waals surface area (Å²) in [4.78, 5) is 0. The normalized spacial score (nSPS) is 19.3. The smallest absolute Gasteiger partial charge is 0.0205 e. The Morgan fingerprint density at radius 3 is 2.73 bits per heavy atom. The second-order valence-electron chi connectivity index (χ2n) is 3.22. The molecule has 0 spiro atoms. The van der Waals surface area contributed by atoms with Gasteiger partial charge >= 0.3 is 0 Å². The zero-order valence-electron chi connectivity index (χ0n) is 7.54. The summed E-state index contributed by atoms with van der Waals surface area (Å²) in [7, 11) is 0. The van der Waals surface area contributed by atoms with Gasteiger partial charge in [-0.2, -0.15) is 0 Å². The molecule has 1 nitrogen and oxygen atoms in total. The summed E-state index contributed by atoms with van der Waals surface area (Å²) in [5.41, 5.74) is 4.27. The lowest BCUT2D eigenvalue weighted by Gasteiger charge is -2.20. The Hall–Kier alpha value is -0.560. The van der Waals surface area contributed by atoms with Gasteiger partial charge in [-0.25, -0.2) is 0 Å². The van der Waals surface area contributed by atoms with Crippen molar-refractivity contribution in [1.29, 1.82) is 0 Å². The molecule has 1 heterocycles. The van der Waals surface area contributed by atoms with Gasteiger partial charge in [-0.05, 0) is 24.5 Å². The van der Waals surface area contributed by atoms with Crippen molar-refractivity contribution in [3.05, 3.63) is 23.3 Å². The van der Waals surface area contributed by atoms with Crippen LogP contribution in [-0.2, 0) is 0 Å². The third-order valence-corrected chi connectivity index (χ3v) is 2.17. The molecule has 0 aromatic heterocycles. The molecule has 1 rings (SSSR count). The largest absolute Gasteiger partial charge is 0.309 e. The zero-order valence-corrected chi connectivity index (χ0v) is 7.54. The topological polar surface area (TPSA) is 12.0 Å². The van der Waals surface area contributed by atoms with E-state index in [1.165, 1.54) is 29.6 Å². The molecule has 1 aliphatic heterocycles. The fraction of sp³-hybridized carbons (Fsp3) is 0.600. The van der Waals surface area contributed by atoms with E-state index in [9.17, 15) is 0 Å². The van der Waals surface area contributed by atoms with Crippen LogP contribution < -0.4 is 5.32 Å². The molecule has 11 heavy (non-hydrogen) atoms. The number of hydrogen-bond acceptors (Lipinski definition) is 1. The Kier molecular flexibility index (Phi) is 2.89. The molecule has 0 aromatic carbocycles. The summed E-state index contributed by atoms with van der Waals surface area (Å²) in [6, 6.07) is 0. The minimum atomic E-state index is 0.979. The van der Waals surface area contributed by atoms with Crippen molar-refractivity contribution in [2.24, 2.45) is 0 Å². The van der Waals surface area contributed by atoms with Crippen LogP contribution in [0.15, 0.2) is 23.3 Å². The van der Waals surface area contributed by atoms with Crippen molar-refractivity contribution >= 4 is 0 Å². The average Bonchev–Trinajstić information content (AvgIpc) is 1.97. The van der Waals surface area contributed by atoms with Crippen molar-refractivity contribution in [2.45, 2.75) is 26.7 Å². The molecule has 0 aliphatic carbocycles. The first-order valence-electron chi connectivity index (χ1n) is 4.33. The second-order valence-corrected chi connectivity index (χ2v) is 3.22. The molecular formula is C10H17N. The molecule has 0 amide bonds. The quantitative estimate of drug-likeness (QED) is 0.638. The van der Waals surface area contributed by atoms with E-state index in [1.54, 1.807) is 0 Å². The highest BCUT2D eigenvalue weighted by Gasteiger charge is 2.10. The van der Waals surface area contributed by atoms with Crippen LogP contribution in [0.3, 0.4) is 0 Å². The molecule has 1 heteroatoms. The van der Waals surface area contributed by atoms with Gasteiger partial charge < -0.3 is 5.32 Å².